The summed E-state index contributed by atoms with van der Waals surface area (Å²) < 4.78 is 14.1. The molecule has 0 saturated carbocycles. The van der Waals surface area contributed by atoms with Crippen LogP contribution in [-0.4, -0.2) is 27.9 Å². The molecule has 2 aromatic heterocycles. The van der Waals surface area contributed by atoms with E-state index >= 15 is 0 Å². The van der Waals surface area contributed by atoms with Crippen LogP contribution in [0.15, 0.2) is 24.5 Å². The molecule has 1 saturated heterocycles. The number of nitrogens with zero attached hydrogens (tertiary/aromatic N) is 2. The molecule has 5 heteroatoms. The Morgan fingerprint density at radius 2 is 1.68 bits per heavy atom. The second-order valence-electron chi connectivity index (χ2n) is 6.90. The predicted molar refractivity (Wildman–Crippen MR) is 92.4 cm³/mol. The van der Waals surface area contributed by atoms with Crippen molar-refractivity contribution in [3.05, 3.63) is 24.5 Å². The quantitative estimate of drug-likeness (QED) is 0.758. The first kappa shape index (κ1) is 17.0. The third kappa shape index (κ3) is 3.06. The van der Waals surface area contributed by atoms with Gasteiger partial charge in [0.15, 0.2) is 0 Å². The highest BCUT2D eigenvalue weighted by molar-refractivity contribution is 6.62. The van der Waals surface area contributed by atoms with Gasteiger partial charge in [-0.15, -0.1) is 0 Å². The third-order valence-corrected chi connectivity index (χ3v) is 4.25. The van der Waals surface area contributed by atoms with E-state index in [0.29, 0.717) is 0 Å². The molecule has 1 fully saturated rings. The lowest BCUT2D eigenvalue weighted by atomic mass is 9.80. The summed E-state index contributed by atoms with van der Waals surface area (Å²) in [6, 6.07) is 4.14. The Bertz CT molecular complexity index is 633. The van der Waals surface area contributed by atoms with Crippen molar-refractivity contribution in [1.29, 1.82) is 0 Å². The lowest BCUT2D eigenvalue weighted by Gasteiger charge is -2.32. The van der Waals surface area contributed by atoms with E-state index in [2.05, 4.69) is 58.7 Å². The Morgan fingerprint density at radius 3 is 2.23 bits per heavy atom. The standard InChI is InChI=1S/C14H19BN2O2.C3H8/c1-13(2)14(3,4)19-15(18-13)11-8-10-6-7-17(5)12(10)16-9-11;1-3-2/h6-9H,1-5H3;3H2,1-2H3. The summed E-state index contributed by atoms with van der Waals surface area (Å²) in [7, 11) is 1.64. The first-order valence-electron chi connectivity index (χ1n) is 7.98. The number of rotatable bonds is 1. The summed E-state index contributed by atoms with van der Waals surface area (Å²) in [4.78, 5) is 4.48. The first-order valence-corrected chi connectivity index (χ1v) is 7.98. The molecule has 3 heterocycles. The lowest BCUT2D eigenvalue weighted by Crippen LogP contribution is -2.41. The number of fused-ring (bicyclic) bond motifs is 1. The first-order chi connectivity index (χ1) is 10.2. The summed E-state index contributed by atoms with van der Waals surface area (Å²) >= 11 is 0. The van der Waals surface area contributed by atoms with Crippen molar-refractivity contribution in [3.63, 3.8) is 0 Å². The fraction of sp³-hybridized carbons (Fsp3) is 0.588. The van der Waals surface area contributed by atoms with Gasteiger partial charge in [0.25, 0.3) is 0 Å². The molecule has 0 N–H and O–H groups in total. The molecule has 0 amide bonds. The van der Waals surface area contributed by atoms with Crippen molar-refractivity contribution in [2.45, 2.75) is 59.2 Å². The van der Waals surface area contributed by atoms with Gasteiger partial charge in [-0.3, -0.25) is 0 Å². The molecule has 4 nitrogen and oxygen atoms in total. The summed E-state index contributed by atoms with van der Waals surface area (Å²) in [5.41, 5.74) is 1.31. The molecule has 3 rings (SSSR count). The zero-order valence-corrected chi connectivity index (χ0v) is 14.8. The van der Waals surface area contributed by atoms with Gasteiger partial charge in [0.2, 0.25) is 0 Å². The van der Waals surface area contributed by atoms with Crippen LogP contribution in [0.3, 0.4) is 0 Å². The molecule has 0 unspecified atom stereocenters. The minimum absolute atomic E-state index is 0.316. The van der Waals surface area contributed by atoms with Crippen LogP contribution in [0.5, 0.6) is 0 Å². The number of hydrogen-bond acceptors (Lipinski definition) is 3. The maximum atomic E-state index is 6.04. The summed E-state index contributed by atoms with van der Waals surface area (Å²) in [5, 5.41) is 1.11. The molecule has 0 aliphatic carbocycles. The monoisotopic (exact) mass is 302 g/mol. The average Bonchev–Trinajstić information content (AvgIpc) is 2.89. The molecule has 0 spiro atoms. The van der Waals surface area contributed by atoms with Crippen LogP contribution in [0.25, 0.3) is 11.0 Å². The number of aryl methyl sites for hydroxylation is 1. The normalized spacial score (nSPS) is 19.1. The van der Waals surface area contributed by atoms with E-state index in [4.69, 9.17) is 9.31 Å². The molecular weight excluding hydrogens is 275 g/mol. The summed E-state index contributed by atoms with van der Waals surface area (Å²) in [6.07, 6.45) is 5.09. The maximum absolute atomic E-state index is 6.04. The highest BCUT2D eigenvalue weighted by Gasteiger charge is 2.51. The Morgan fingerprint density at radius 1 is 1.14 bits per heavy atom. The largest absolute Gasteiger partial charge is 0.496 e. The van der Waals surface area contributed by atoms with Crippen molar-refractivity contribution in [2.75, 3.05) is 0 Å². The molecule has 2 aromatic rings. The van der Waals surface area contributed by atoms with Gasteiger partial charge in [0, 0.05) is 30.3 Å². The minimum atomic E-state index is -0.345. The molecule has 1 aliphatic rings. The molecule has 0 atom stereocenters. The van der Waals surface area contributed by atoms with Crippen LogP contribution < -0.4 is 5.46 Å². The van der Waals surface area contributed by atoms with Gasteiger partial charge in [-0.25, -0.2) is 4.98 Å². The average molecular weight is 302 g/mol. The molecule has 0 radical (unpaired) electrons. The summed E-state index contributed by atoms with van der Waals surface area (Å²) in [6.45, 7) is 12.5. The van der Waals surface area contributed by atoms with Crippen LogP contribution in [0.1, 0.15) is 48.0 Å². The highest BCUT2D eigenvalue weighted by atomic mass is 16.7. The van der Waals surface area contributed by atoms with Crippen LogP contribution in [0.2, 0.25) is 0 Å². The van der Waals surface area contributed by atoms with E-state index in [1.807, 2.05) is 24.0 Å². The van der Waals surface area contributed by atoms with E-state index in [-0.39, 0.29) is 18.3 Å². The van der Waals surface area contributed by atoms with Crippen molar-refractivity contribution < 1.29 is 9.31 Å². The van der Waals surface area contributed by atoms with E-state index in [0.717, 1.165) is 16.5 Å². The SMILES string of the molecule is CCC.Cn1ccc2cc(B3OC(C)(C)C(C)(C)O3)cnc21. The maximum Gasteiger partial charge on any atom is 0.496 e. The molecule has 0 bridgehead atoms. The zero-order chi connectivity index (χ0) is 16.5. The fourth-order valence-electron chi connectivity index (χ4n) is 2.28. The van der Waals surface area contributed by atoms with Gasteiger partial charge in [0.05, 0.1) is 11.2 Å². The van der Waals surface area contributed by atoms with Crippen LogP contribution in [0.4, 0.5) is 0 Å². The fourth-order valence-corrected chi connectivity index (χ4v) is 2.28. The number of aromatic nitrogens is 2. The molecule has 120 valence electrons. The van der Waals surface area contributed by atoms with Crippen molar-refractivity contribution >= 4 is 23.6 Å². The van der Waals surface area contributed by atoms with Crippen LogP contribution in [-0.2, 0) is 16.4 Å². The van der Waals surface area contributed by atoms with Gasteiger partial charge < -0.3 is 13.9 Å². The van der Waals surface area contributed by atoms with Crippen LogP contribution >= 0.6 is 0 Å². The van der Waals surface area contributed by atoms with Gasteiger partial charge in [-0.2, -0.15) is 0 Å². The van der Waals surface area contributed by atoms with Crippen molar-refractivity contribution in [1.82, 2.24) is 9.55 Å². The Labute approximate surface area is 134 Å². The van der Waals surface area contributed by atoms with Crippen molar-refractivity contribution in [2.24, 2.45) is 7.05 Å². The second kappa shape index (κ2) is 6.05. The van der Waals surface area contributed by atoms with Gasteiger partial charge >= 0.3 is 7.12 Å². The number of hydrogen-bond donors (Lipinski definition) is 0. The van der Waals surface area contributed by atoms with Gasteiger partial charge in [0.1, 0.15) is 5.65 Å². The molecule has 1 aliphatic heterocycles. The molecule has 22 heavy (non-hydrogen) atoms. The zero-order valence-electron chi connectivity index (χ0n) is 14.8. The predicted octanol–water partition coefficient (Wildman–Crippen LogP) is 3.29. The van der Waals surface area contributed by atoms with E-state index in [1.54, 1.807) is 0 Å². The smallest absolute Gasteiger partial charge is 0.399 e. The Balaban J connectivity index is 0.000000545. The third-order valence-electron chi connectivity index (χ3n) is 4.25. The summed E-state index contributed by atoms with van der Waals surface area (Å²) in [5.74, 6) is 0. The lowest BCUT2D eigenvalue weighted by molar-refractivity contribution is 0.00578. The Hall–Kier alpha value is -1.33. The number of pyridine rings is 1. The van der Waals surface area contributed by atoms with E-state index in [1.165, 1.54) is 6.42 Å². The van der Waals surface area contributed by atoms with E-state index < -0.39 is 0 Å². The Kier molecular flexibility index (Phi) is 4.69. The van der Waals surface area contributed by atoms with Crippen molar-refractivity contribution in [3.8, 4) is 0 Å². The van der Waals surface area contributed by atoms with Gasteiger partial charge in [-0.05, 0) is 39.8 Å². The second-order valence-corrected chi connectivity index (χ2v) is 6.90. The van der Waals surface area contributed by atoms with Gasteiger partial charge in [-0.1, -0.05) is 20.3 Å². The van der Waals surface area contributed by atoms with E-state index in [9.17, 15) is 0 Å². The topological polar surface area (TPSA) is 36.3 Å². The minimum Gasteiger partial charge on any atom is -0.399 e. The molecular formula is C17H27BN2O2. The highest BCUT2D eigenvalue weighted by Crippen LogP contribution is 2.36. The van der Waals surface area contributed by atoms with Crippen LogP contribution in [0, 0.1) is 0 Å². The molecule has 0 aromatic carbocycles.